The molecule has 0 bridgehead atoms. The van der Waals surface area contributed by atoms with E-state index in [-0.39, 0.29) is 35.3 Å². The monoisotopic (exact) mass is 556 g/mol. The highest BCUT2D eigenvalue weighted by Crippen LogP contribution is 2.32. The number of oxazole rings is 1. The number of sulfonamides is 1. The van der Waals surface area contributed by atoms with Crippen molar-refractivity contribution in [3.63, 3.8) is 0 Å². The predicted molar refractivity (Wildman–Crippen MR) is 147 cm³/mol. The van der Waals surface area contributed by atoms with Crippen molar-refractivity contribution in [2.75, 3.05) is 18.4 Å². The van der Waals surface area contributed by atoms with Gasteiger partial charge in [-0.05, 0) is 47.2 Å². The molecule has 0 radical (unpaired) electrons. The normalized spacial score (nSPS) is 11.7. The summed E-state index contributed by atoms with van der Waals surface area (Å²) in [6.07, 6.45) is 5.32. The fourth-order valence-electron chi connectivity index (χ4n) is 4.48. The van der Waals surface area contributed by atoms with Crippen molar-refractivity contribution in [3.8, 4) is 22.6 Å². The van der Waals surface area contributed by atoms with Crippen LogP contribution in [0.15, 0.2) is 94.7 Å². The number of fused-ring (bicyclic) bond motifs is 2. The number of rotatable bonds is 9. The second-order valence-corrected chi connectivity index (χ2v) is 10.5. The minimum absolute atomic E-state index is 0.0144. The molecule has 12 heteroatoms. The van der Waals surface area contributed by atoms with Crippen LogP contribution >= 0.6 is 0 Å². The summed E-state index contributed by atoms with van der Waals surface area (Å²) >= 11 is 0. The zero-order valence-electron chi connectivity index (χ0n) is 20.8. The standard InChI is InChI=1S/C28H21FN6O4S/c29-20-8-5-19(6-9-20)25-26(35-15-16-39-28(35)34-25)23-11-12-30-27(33-23)31-13-14-32-40(37,38)24-10-7-18-3-1-2-4-21(18)22(24)17-36/h1-12,15-17,32H,13-14H2,(H,30,31,33). The van der Waals surface area contributed by atoms with E-state index < -0.39 is 10.0 Å². The van der Waals surface area contributed by atoms with Gasteiger partial charge >= 0.3 is 5.84 Å². The molecule has 200 valence electrons. The van der Waals surface area contributed by atoms with Crippen LogP contribution in [0, 0.1) is 5.82 Å². The molecule has 3 heterocycles. The first-order valence-electron chi connectivity index (χ1n) is 12.2. The molecule has 0 amide bonds. The predicted octanol–water partition coefficient (Wildman–Crippen LogP) is 4.55. The van der Waals surface area contributed by atoms with Crippen LogP contribution in [-0.4, -0.2) is 47.1 Å². The van der Waals surface area contributed by atoms with Crippen LogP contribution in [0.25, 0.3) is 39.3 Å². The van der Waals surface area contributed by atoms with Crippen LogP contribution < -0.4 is 10.0 Å². The Morgan fingerprint density at radius 1 is 0.975 bits per heavy atom. The van der Waals surface area contributed by atoms with Gasteiger partial charge in [0.1, 0.15) is 23.5 Å². The number of carbonyl (C=O) groups excluding carboxylic acids is 1. The van der Waals surface area contributed by atoms with Crippen molar-refractivity contribution in [2.45, 2.75) is 4.90 Å². The quantitative estimate of drug-likeness (QED) is 0.196. The van der Waals surface area contributed by atoms with Gasteiger partial charge in [-0.15, -0.1) is 0 Å². The molecule has 0 saturated heterocycles. The van der Waals surface area contributed by atoms with Crippen molar-refractivity contribution in [1.29, 1.82) is 0 Å². The molecule has 0 saturated carbocycles. The Morgan fingerprint density at radius 2 is 1.80 bits per heavy atom. The molecule has 0 fully saturated rings. The first-order chi connectivity index (χ1) is 19.4. The number of hydrogen-bond donors (Lipinski definition) is 2. The lowest BCUT2D eigenvalue weighted by molar-refractivity contribution is 0.112. The number of carbonyl (C=O) groups is 1. The zero-order valence-corrected chi connectivity index (χ0v) is 21.6. The van der Waals surface area contributed by atoms with Gasteiger partial charge in [0.2, 0.25) is 16.0 Å². The van der Waals surface area contributed by atoms with E-state index in [2.05, 4.69) is 25.0 Å². The summed E-state index contributed by atoms with van der Waals surface area (Å²) in [6, 6.07) is 17.8. The first kappa shape index (κ1) is 25.3. The van der Waals surface area contributed by atoms with E-state index in [1.54, 1.807) is 53.2 Å². The van der Waals surface area contributed by atoms with E-state index >= 15 is 0 Å². The fourth-order valence-corrected chi connectivity index (χ4v) is 5.71. The molecule has 6 aromatic rings. The largest absolute Gasteiger partial charge is 0.432 e. The molecular formula is C28H21FN6O4S. The number of anilines is 1. The molecule has 0 atom stereocenters. The van der Waals surface area contributed by atoms with Gasteiger partial charge in [0.15, 0.2) is 6.29 Å². The maximum Gasteiger partial charge on any atom is 0.306 e. The molecule has 0 unspecified atom stereocenters. The Hall–Kier alpha value is -4.94. The van der Waals surface area contributed by atoms with E-state index in [0.29, 0.717) is 40.2 Å². The Bertz CT molecular complexity index is 1970. The van der Waals surface area contributed by atoms with Crippen LogP contribution in [0.2, 0.25) is 0 Å². The maximum atomic E-state index is 13.5. The summed E-state index contributed by atoms with van der Waals surface area (Å²) in [7, 11) is -3.96. The molecule has 2 N–H and O–H groups in total. The van der Waals surface area contributed by atoms with Crippen molar-refractivity contribution < 1.29 is 22.0 Å². The van der Waals surface area contributed by atoms with Crippen LogP contribution in [0.1, 0.15) is 10.4 Å². The maximum absolute atomic E-state index is 13.5. The molecule has 0 aliphatic rings. The molecule has 0 spiro atoms. The van der Waals surface area contributed by atoms with Gasteiger partial charge in [-0.3, -0.25) is 9.20 Å². The van der Waals surface area contributed by atoms with E-state index in [0.717, 1.165) is 5.39 Å². The van der Waals surface area contributed by atoms with E-state index in [9.17, 15) is 17.6 Å². The summed E-state index contributed by atoms with van der Waals surface area (Å²) in [4.78, 5) is 25.0. The van der Waals surface area contributed by atoms with Crippen molar-refractivity contribution in [1.82, 2.24) is 24.1 Å². The van der Waals surface area contributed by atoms with Crippen molar-refractivity contribution in [3.05, 3.63) is 96.8 Å². The van der Waals surface area contributed by atoms with Gasteiger partial charge in [-0.25, -0.2) is 27.5 Å². The Labute approximate surface area is 227 Å². The van der Waals surface area contributed by atoms with Gasteiger partial charge in [0.05, 0.1) is 10.6 Å². The molecule has 3 aromatic carbocycles. The van der Waals surface area contributed by atoms with Gasteiger partial charge in [-0.2, -0.15) is 4.98 Å². The van der Waals surface area contributed by atoms with Gasteiger partial charge < -0.3 is 9.73 Å². The minimum Gasteiger partial charge on any atom is -0.432 e. The highest BCUT2D eigenvalue weighted by molar-refractivity contribution is 7.89. The number of halogens is 1. The van der Waals surface area contributed by atoms with Gasteiger partial charge in [0.25, 0.3) is 0 Å². The molecule has 40 heavy (non-hydrogen) atoms. The number of imidazole rings is 1. The summed E-state index contributed by atoms with van der Waals surface area (Å²) in [6.45, 7) is 0.186. The third kappa shape index (κ3) is 4.70. The SMILES string of the molecule is O=Cc1c(S(=O)(=O)NCCNc2nccc(-c3c(-c4ccc(F)cc4)nc4occn34)n2)ccc2ccccc12. The lowest BCUT2D eigenvalue weighted by Crippen LogP contribution is -2.30. The molecule has 10 nitrogen and oxygen atoms in total. The highest BCUT2D eigenvalue weighted by atomic mass is 32.2. The number of hydrogen-bond acceptors (Lipinski definition) is 8. The molecular weight excluding hydrogens is 535 g/mol. The second-order valence-electron chi connectivity index (χ2n) is 8.78. The Kier molecular flexibility index (Phi) is 6.54. The number of nitrogens with one attached hydrogen (secondary N) is 2. The van der Waals surface area contributed by atoms with E-state index in [1.165, 1.54) is 24.5 Å². The third-order valence-corrected chi connectivity index (χ3v) is 7.84. The summed E-state index contributed by atoms with van der Waals surface area (Å²) in [5.41, 5.74) is 2.49. The number of benzene rings is 3. The van der Waals surface area contributed by atoms with Gasteiger partial charge in [-0.1, -0.05) is 30.3 Å². The lowest BCUT2D eigenvalue weighted by Gasteiger charge is -2.12. The fraction of sp³-hybridized carbons (Fsp3) is 0.0714. The van der Waals surface area contributed by atoms with E-state index in [4.69, 9.17) is 4.42 Å². The number of aldehydes is 1. The first-order valence-corrected chi connectivity index (χ1v) is 13.7. The number of nitrogens with zero attached hydrogens (tertiary/aromatic N) is 4. The second kappa shape index (κ2) is 10.3. The summed E-state index contributed by atoms with van der Waals surface area (Å²) in [5.74, 6) is 0.250. The number of aromatic nitrogens is 4. The third-order valence-electron chi connectivity index (χ3n) is 6.32. The molecule has 6 rings (SSSR count). The van der Waals surface area contributed by atoms with E-state index in [1.807, 2.05) is 12.1 Å². The zero-order chi connectivity index (χ0) is 27.7. The van der Waals surface area contributed by atoms with Crippen LogP contribution in [-0.2, 0) is 10.0 Å². The summed E-state index contributed by atoms with van der Waals surface area (Å²) < 4.78 is 49.2. The molecule has 0 aliphatic carbocycles. The average Bonchev–Trinajstić information content (AvgIpc) is 3.57. The summed E-state index contributed by atoms with van der Waals surface area (Å²) in [5, 5.41) is 4.36. The van der Waals surface area contributed by atoms with Crippen LogP contribution in [0.4, 0.5) is 10.3 Å². The topological polar surface area (TPSA) is 131 Å². The van der Waals surface area contributed by atoms with Crippen LogP contribution in [0.5, 0.6) is 0 Å². The van der Waals surface area contributed by atoms with Crippen LogP contribution in [0.3, 0.4) is 0 Å². The molecule has 0 aliphatic heterocycles. The van der Waals surface area contributed by atoms with Crippen molar-refractivity contribution >= 4 is 38.9 Å². The average molecular weight is 557 g/mol. The Morgan fingerprint density at radius 3 is 2.62 bits per heavy atom. The lowest BCUT2D eigenvalue weighted by atomic mass is 10.1. The molecule has 3 aromatic heterocycles. The highest BCUT2D eigenvalue weighted by Gasteiger charge is 2.21. The van der Waals surface area contributed by atoms with Crippen molar-refractivity contribution in [2.24, 2.45) is 0 Å². The smallest absolute Gasteiger partial charge is 0.306 e. The van der Waals surface area contributed by atoms with Gasteiger partial charge in [0, 0.05) is 36.6 Å². The Balaban J connectivity index is 1.20. The minimum atomic E-state index is -3.96.